The molecule has 0 heterocycles. The highest BCUT2D eigenvalue weighted by Gasteiger charge is 2.13. The van der Waals surface area contributed by atoms with Crippen LogP contribution in [0.15, 0.2) is 42.5 Å². The van der Waals surface area contributed by atoms with Crippen molar-refractivity contribution >= 4 is 40.2 Å². The molecule has 0 saturated carbocycles. The number of carbonyl (C=O) groups is 2. The number of carbonyl (C=O) groups excluding carboxylic acids is 2. The fraction of sp³-hybridized carbons (Fsp3) is 0.176. The minimum Gasteiger partial charge on any atom is -0.493 e. The number of ether oxygens (including phenoxy) is 2. The quantitative estimate of drug-likeness (QED) is 0.449. The van der Waals surface area contributed by atoms with Gasteiger partial charge in [-0.3, -0.25) is 9.59 Å². The van der Waals surface area contributed by atoms with Gasteiger partial charge in [0.2, 0.25) is 0 Å². The molecule has 0 bridgehead atoms. The Kier molecular flexibility index (Phi) is 5.97. The summed E-state index contributed by atoms with van der Waals surface area (Å²) in [5.41, 5.74) is 1.12. The van der Waals surface area contributed by atoms with Gasteiger partial charge in [0.1, 0.15) is 0 Å². The zero-order valence-electron chi connectivity index (χ0n) is 12.8. The minimum absolute atomic E-state index is 0.262. The molecule has 120 valence electrons. The average Bonchev–Trinajstić information content (AvgIpc) is 2.55. The highest BCUT2D eigenvalue weighted by Crippen LogP contribution is 2.28. The van der Waals surface area contributed by atoms with Gasteiger partial charge in [-0.05, 0) is 59.0 Å². The first-order chi connectivity index (χ1) is 11.0. The van der Waals surface area contributed by atoms with Crippen LogP contribution in [0, 0.1) is 3.57 Å². The first-order valence-electron chi connectivity index (χ1n) is 6.99. The Hall–Kier alpha value is -2.09. The van der Waals surface area contributed by atoms with E-state index < -0.39 is 0 Å². The SMILES string of the molecule is CCC(=O)Oc1ccc(C(=O)Nc2cccc(I)c2)cc1OC. The van der Waals surface area contributed by atoms with Crippen LogP contribution in [0.3, 0.4) is 0 Å². The number of anilines is 1. The molecule has 0 radical (unpaired) electrons. The maximum Gasteiger partial charge on any atom is 0.311 e. The molecule has 0 saturated heterocycles. The highest BCUT2D eigenvalue weighted by atomic mass is 127. The van der Waals surface area contributed by atoms with Gasteiger partial charge in [0, 0.05) is 21.2 Å². The van der Waals surface area contributed by atoms with Crippen LogP contribution in [-0.4, -0.2) is 19.0 Å². The molecule has 0 unspecified atom stereocenters. The first kappa shape index (κ1) is 17.3. The summed E-state index contributed by atoms with van der Waals surface area (Å²) < 4.78 is 11.4. The van der Waals surface area contributed by atoms with Crippen molar-refractivity contribution in [2.24, 2.45) is 0 Å². The van der Waals surface area contributed by atoms with Crippen molar-refractivity contribution in [1.82, 2.24) is 0 Å². The van der Waals surface area contributed by atoms with E-state index in [0.717, 1.165) is 3.57 Å². The summed E-state index contributed by atoms with van der Waals surface area (Å²) in [6, 6.07) is 12.2. The van der Waals surface area contributed by atoms with E-state index >= 15 is 0 Å². The Morgan fingerprint density at radius 2 is 1.91 bits per heavy atom. The number of nitrogens with one attached hydrogen (secondary N) is 1. The number of halogens is 1. The molecule has 1 amide bonds. The average molecular weight is 425 g/mol. The Morgan fingerprint density at radius 1 is 1.13 bits per heavy atom. The maximum absolute atomic E-state index is 12.3. The summed E-state index contributed by atoms with van der Waals surface area (Å²) in [4.78, 5) is 23.7. The lowest BCUT2D eigenvalue weighted by Gasteiger charge is -2.11. The highest BCUT2D eigenvalue weighted by molar-refractivity contribution is 14.1. The van der Waals surface area contributed by atoms with Crippen LogP contribution in [-0.2, 0) is 4.79 Å². The molecular weight excluding hydrogens is 409 g/mol. The molecule has 0 atom stereocenters. The van der Waals surface area contributed by atoms with Gasteiger partial charge in [-0.2, -0.15) is 0 Å². The lowest BCUT2D eigenvalue weighted by Crippen LogP contribution is -2.13. The van der Waals surface area contributed by atoms with Crippen LogP contribution in [0.2, 0.25) is 0 Å². The molecule has 0 aliphatic carbocycles. The largest absolute Gasteiger partial charge is 0.493 e. The fourth-order valence-corrected chi connectivity index (χ4v) is 2.40. The molecule has 6 heteroatoms. The minimum atomic E-state index is -0.362. The van der Waals surface area contributed by atoms with Crippen molar-refractivity contribution in [3.63, 3.8) is 0 Å². The molecule has 5 nitrogen and oxygen atoms in total. The zero-order valence-corrected chi connectivity index (χ0v) is 14.9. The van der Waals surface area contributed by atoms with E-state index in [0.29, 0.717) is 22.7 Å². The number of amides is 1. The molecule has 0 aliphatic heterocycles. The van der Waals surface area contributed by atoms with Gasteiger partial charge in [0.05, 0.1) is 7.11 Å². The lowest BCUT2D eigenvalue weighted by atomic mass is 10.2. The van der Waals surface area contributed by atoms with Crippen LogP contribution in [0.25, 0.3) is 0 Å². The monoisotopic (exact) mass is 425 g/mol. The topological polar surface area (TPSA) is 64.6 Å². The summed E-state index contributed by atoms with van der Waals surface area (Å²) in [5, 5.41) is 2.81. The zero-order chi connectivity index (χ0) is 16.8. The molecule has 0 fully saturated rings. The predicted octanol–water partition coefficient (Wildman–Crippen LogP) is 3.87. The van der Waals surface area contributed by atoms with E-state index in [1.165, 1.54) is 7.11 Å². The van der Waals surface area contributed by atoms with Gasteiger partial charge < -0.3 is 14.8 Å². The molecular formula is C17H16INO4. The summed E-state index contributed by atoms with van der Waals surface area (Å²) in [7, 11) is 1.46. The van der Waals surface area contributed by atoms with Crippen LogP contribution in [0.4, 0.5) is 5.69 Å². The Bertz CT molecular complexity index is 730. The van der Waals surface area contributed by atoms with Crippen molar-refractivity contribution in [3.8, 4) is 11.5 Å². The van der Waals surface area contributed by atoms with Gasteiger partial charge in [-0.15, -0.1) is 0 Å². The summed E-state index contributed by atoms with van der Waals surface area (Å²) in [6.07, 6.45) is 0.262. The molecule has 0 aromatic heterocycles. The number of methoxy groups -OCH3 is 1. The predicted molar refractivity (Wildman–Crippen MR) is 96.0 cm³/mol. The maximum atomic E-state index is 12.3. The third-order valence-electron chi connectivity index (χ3n) is 3.02. The Balaban J connectivity index is 2.19. The molecule has 2 aromatic rings. The van der Waals surface area contributed by atoms with E-state index in [9.17, 15) is 9.59 Å². The third-order valence-corrected chi connectivity index (χ3v) is 3.69. The molecule has 2 rings (SSSR count). The summed E-state index contributed by atoms with van der Waals surface area (Å²) in [6.45, 7) is 1.71. The summed E-state index contributed by atoms with van der Waals surface area (Å²) in [5.74, 6) is 0.00489. The van der Waals surface area contributed by atoms with Crippen LogP contribution < -0.4 is 14.8 Å². The smallest absolute Gasteiger partial charge is 0.311 e. The van der Waals surface area contributed by atoms with Crippen molar-refractivity contribution in [2.45, 2.75) is 13.3 Å². The van der Waals surface area contributed by atoms with E-state index in [4.69, 9.17) is 9.47 Å². The summed E-state index contributed by atoms with van der Waals surface area (Å²) >= 11 is 2.18. The molecule has 23 heavy (non-hydrogen) atoms. The van der Waals surface area contributed by atoms with Gasteiger partial charge in [0.15, 0.2) is 11.5 Å². The molecule has 0 spiro atoms. The second-order valence-corrected chi connectivity index (χ2v) is 5.90. The first-order valence-corrected chi connectivity index (χ1v) is 8.07. The third kappa shape index (κ3) is 4.69. The normalized spacial score (nSPS) is 10.0. The van der Waals surface area contributed by atoms with Crippen molar-refractivity contribution in [1.29, 1.82) is 0 Å². The van der Waals surface area contributed by atoms with Gasteiger partial charge >= 0.3 is 5.97 Å². The van der Waals surface area contributed by atoms with Crippen molar-refractivity contribution in [2.75, 3.05) is 12.4 Å². The van der Waals surface area contributed by atoms with E-state index in [-0.39, 0.29) is 18.3 Å². The second kappa shape index (κ2) is 7.96. The molecule has 2 aromatic carbocycles. The number of esters is 1. The van der Waals surface area contributed by atoms with E-state index in [1.807, 2.05) is 24.3 Å². The molecule has 0 aliphatic rings. The number of hydrogen-bond donors (Lipinski definition) is 1. The number of rotatable bonds is 5. The fourth-order valence-electron chi connectivity index (χ4n) is 1.86. The van der Waals surface area contributed by atoms with Gasteiger partial charge in [-0.25, -0.2) is 0 Å². The van der Waals surface area contributed by atoms with E-state index in [2.05, 4.69) is 27.9 Å². The van der Waals surface area contributed by atoms with Crippen LogP contribution >= 0.6 is 22.6 Å². The van der Waals surface area contributed by atoms with Gasteiger partial charge in [0.25, 0.3) is 5.91 Å². The Labute approximate surface area is 148 Å². The standard InChI is InChI=1S/C17H16INO4/c1-3-16(20)23-14-8-7-11(9-15(14)22-2)17(21)19-13-6-4-5-12(18)10-13/h4-10H,3H2,1-2H3,(H,19,21). The van der Waals surface area contributed by atoms with Crippen molar-refractivity contribution < 1.29 is 19.1 Å². The van der Waals surface area contributed by atoms with E-state index in [1.54, 1.807) is 25.1 Å². The molecule has 1 N–H and O–H groups in total. The van der Waals surface area contributed by atoms with Gasteiger partial charge in [-0.1, -0.05) is 13.0 Å². The Morgan fingerprint density at radius 3 is 2.57 bits per heavy atom. The number of benzene rings is 2. The lowest BCUT2D eigenvalue weighted by molar-refractivity contribution is -0.134. The van der Waals surface area contributed by atoms with Crippen LogP contribution in [0.5, 0.6) is 11.5 Å². The van der Waals surface area contributed by atoms with Crippen LogP contribution in [0.1, 0.15) is 23.7 Å². The number of hydrogen-bond acceptors (Lipinski definition) is 4. The van der Waals surface area contributed by atoms with Crippen molar-refractivity contribution in [3.05, 3.63) is 51.6 Å². The second-order valence-electron chi connectivity index (χ2n) is 4.66.